The number of nitrogens with zero attached hydrogens (tertiary/aromatic N) is 1. The lowest BCUT2D eigenvalue weighted by molar-refractivity contribution is -0.142. The molecule has 0 bridgehead atoms. The summed E-state index contributed by atoms with van der Waals surface area (Å²) in [5.41, 5.74) is 1.05. The van der Waals surface area contributed by atoms with Crippen LogP contribution in [0.4, 0.5) is 5.82 Å². The largest absolute Gasteiger partial charge is 0.472 e. The second-order valence-corrected chi connectivity index (χ2v) is 3.85. The molecule has 7 heteroatoms. The van der Waals surface area contributed by atoms with E-state index in [9.17, 15) is 9.59 Å². The molecular formula is C12H13N3O4. The van der Waals surface area contributed by atoms with Crippen LogP contribution in [0.5, 0.6) is 0 Å². The SMILES string of the molecule is CC(=O)OCc1cnc(=O)[nH]c1NCc1ccoc1. The number of nitrogens with one attached hydrogen (secondary N) is 2. The molecule has 0 aliphatic carbocycles. The lowest BCUT2D eigenvalue weighted by atomic mass is 10.3. The first-order valence-electron chi connectivity index (χ1n) is 5.61. The first-order valence-corrected chi connectivity index (χ1v) is 5.61. The topological polar surface area (TPSA) is 97.2 Å². The van der Waals surface area contributed by atoms with Gasteiger partial charge in [0.1, 0.15) is 12.4 Å². The number of carbonyl (C=O) groups excluding carboxylic acids is 1. The van der Waals surface area contributed by atoms with Crippen LogP contribution in [-0.4, -0.2) is 15.9 Å². The van der Waals surface area contributed by atoms with Gasteiger partial charge in [0.25, 0.3) is 0 Å². The second-order valence-electron chi connectivity index (χ2n) is 3.85. The van der Waals surface area contributed by atoms with Crippen LogP contribution in [0.1, 0.15) is 18.1 Å². The highest BCUT2D eigenvalue weighted by molar-refractivity contribution is 5.66. The molecule has 0 saturated carbocycles. The Labute approximate surface area is 108 Å². The third kappa shape index (κ3) is 3.70. The van der Waals surface area contributed by atoms with Gasteiger partial charge in [0, 0.05) is 30.8 Å². The van der Waals surface area contributed by atoms with Gasteiger partial charge < -0.3 is 14.5 Å². The quantitative estimate of drug-likeness (QED) is 0.782. The molecule has 0 atom stereocenters. The third-order valence-electron chi connectivity index (χ3n) is 2.37. The van der Waals surface area contributed by atoms with Crippen molar-refractivity contribution in [2.24, 2.45) is 0 Å². The molecule has 2 aromatic heterocycles. The summed E-state index contributed by atoms with van der Waals surface area (Å²) < 4.78 is 9.83. The fraction of sp³-hybridized carbons (Fsp3) is 0.250. The summed E-state index contributed by atoms with van der Waals surface area (Å²) in [6.45, 7) is 1.84. The number of aromatic nitrogens is 2. The van der Waals surface area contributed by atoms with E-state index in [4.69, 9.17) is 9.15 Å². The highest BCUT2D eigenvalue weighted by Crippen LogP contribution is 2.12. The van der Waals surface area contributed by atoms with Gasteiger partial charge >= 0.3 is 11.7 Å². The predicted octanol–water partition coefficient (Wildman–Crippen LogP) is 1.04. The summed E-state index contributed by atoms with van der Waals surface area (Å²) in [7, 11) is 0. The molecule has 0 radical (unpaired) electrons. The normalized spacial score (nSPS) is 10.2. The lowest BCUT2D eigenvalue weighted by Gasteiger charge is -2.10. The molecule has 0 fully saturated rings. The minimum atomic E-state index is -0.471. The van der Waals surface area contributed by atoms with Crippen LogP contribution in [0.2, 0.25) is 0 Å². The Balaban J connectivity index is 2.10. The summed E-state index contributed by atoms with van der Waals surface area (Å²) >= 11 is 0. The molecule has 2 heterocycles. The van der Waals surface area contributed by atoms with Gasteiger partial charge in [-0.1, -0.05) is 0 Å². The number of esters is 1. The van der Waals surface area contributed by atoms with E-state index >= 15 is 0 Å². The standard InChI is InChI=1S/C12H13N3O4/c1-8(16)19-7-10-5-14-12(17)15-11(10)13-4-9-2-3-18-6-9/h2-3,5-6H,4,7H2,1H3,(H2,13,14,15,17). The molecule has 19 heavy (non-hydrogen) atoms. The molecule has 0 aliphatic rings. The fourth-order valence-corrected chi connectivity index (χ4v) is 1.45. The number of ether oxygens (including phenoxy) is 1. The van der Waals surface area contributed by atoms with Gasteiger partial charge in [0.2, 0.25) is 0 Å². The van der Waals surface area contributed by atoms with E-state index in [1.165, 1.54) is 13.1 Å². The number of anilines is 1. The Bertz CT molecular complexity index is 604. The second kappa shape index (κ2) is 5.85. The average molecular weight is 263 g/mol. The Kier molecular flexibility index (Phi) is 3.97. The molecule has 0 amide bonds. The third-order valence-corrected chi connectivity index (χ3v) is 2.37. The van der Waals surface area contributed by atoms with Gasteiger partial charge in [-0.25, -0.2) is 9.78 Å². The number of hydrogen-bond acceptors (Lipinski definition) is 6. The molecule has 2 N–H and O–H groups in total. The highest BCUT2D eigenvalue weighted by Gasteiger charge is 2.06. The van der Waals surface area contributed by atoms with Crippen molar-refractivity contribution in [1.29, 1.82) is 0 Å². The zero-order valence-corrected chi connectivity index (χ0v) is 10.3. The van der Waals surface area contributed by atoms with Crippen molar-refractivity contribution in [3.63, 3.8) is 0 Å². The molecule has 0 spiro atoms. The monoisotopic (exact) mass is 263 g/mol. The number of furan rings is 1. The van der Waals surface area contributed by atoms with Gasteiger partial charge in [0.05, 0.1) is 12.5 Å². The van der Waals surface area contributed by atoms with Crippen LogP contribution in [0.15, 0.2) is 34.0 Å². The van der Waals surface area contributed by atoms with Crippen molar-refractivity contribution < 1.29 is 13.9 Å². The number of aromatic amines is 1. The van der Waals surface area contributed by atoms with Crippen molar-refractivity contribution in [2.45, 2.75) is 20.1 Å². The predicted molar refractivity (Wildman–Crippen MR) is 66.4 cm³/mol. The fourth-order valence-electron chi connectivity index (χ4n) is 1.45. The van der Waals surface area contributed by atoms with Crippen LogP contribution in [0.25, 0.3) is 0 Å². The van der Waals surface area contributed by atoms with Gasteiger partial charge in [0.15, 0.2) is 0 Å². The summed E-state index contributed by atoms with van der Waals surface area (Å²) in [5.74, 6) is 0.0782. The Morgan fingerprint density at radius 1 is 1.58 bits per heavy atom. The molecular weight excluding hydrogens is 250 g/mol. The molecule has 0 aromatic carbocycles. The van der Waals surface area contributed by atoms with E-state index in [-0.39, 0.29) is 6.61 Å². The highest BCUT2D eigenvalue weighted by atomic mass is 16.5. The van der Waals surface area contributed by atoms with Crippen LogP contribution in [0, 0.1) is 0 Å². The van der Waals surface area contributed by atoms with Crippen molar-refractivity contribution in [1.82, 2.24) is 9.97 Å². The van der Waals surface area contributed by atoms with E-state index < -0.39 is 11.7 Å². The number of rotatable bonds is 5. The van der Waals surface area contributed by atoms with E-state index in [0.717, 1.165) is 5.56 Å². The maximum absolute atomic E-state index is 11.2. The van der Waals surface area contributed by atoms with Crippen molar-refractivity contribution in [2.75, 3.05) is 5.32 Å². The van der Waals surface area contributed by atoms with Gasteiger partial charge in [-0.05, 0) is 6.07 Å². The molecule has 0 unspecified atom stereocenters. The van der Waals surface area contributed by atoms with Crippen molar-refractivity contribution >= 4 is 11.8 Å². The number of H-pyrrole nitrogens is 1. The van der Waals surface area contributed by atoms with Crippen molar-refractivity contribution in [3.05, 3.63) is 46.4 Å². The molecule has 0 aliphatic heterocycles. The van der Waals surface area contributed by atoms with E-state index in [1.807, 2.05) is 0 Å². The first kappa shape index (κ1) is 12.9. The molecule has 100 valence electrons. The summed E-state index contributed by atoms with van der Waals surface area (Å²) in [5, 5.41) is 3.03. The minimum Gasteiger partial charge on any atom is -0.472 e. The van der Waals surface area contributed by atoms with Gasteiger partial charge in [-0.2, -0.15) is 0 Å². The molecule has 7 nitrogen and oxygen atoms in total. The molecule has 2 aromatic rings. The summed E-state index contributed by atoms with van der Waals surface area (Å²) in [4.78, 5) is 28.2. The van der Waals surface area contributed by atoms with Gasteiger partial charge in [-0.15, -0.1) is 0 Å². The Morgan fingerprint density at radius 2 is 2.42 bits per heavy atom. The van der Waals surface area contributed by atoms with Crippen LogP contribution in [0.3, 0.4) is 0 Å². The van der Waals surface area contributed by atoms with Crippen molar-refractivity contribution in [3.8, 4) is 0 Å². The number of carbonyl (C=O) groups is 1. The summed E-state index contributed by atoms with van der Waals surface area (Å²) in [6, 6.07) is 1.80. The van der Waals surface area contributed by atoms with E-state index in [2.05, 4.69) is 15.3 Å². The molecule has 2 rings (SSSR count). The zero-order chi connectivity index (χ0) is 13.7. The summed E-state index contributed by atoms with van der Waals surface area (Å²) in [6.07, 6.45) is 4.53. The number of hydrogen-bond donors (Lipinski definition) is 2. The van der Waals surface area contributed by atoms with E-state index in [1.54, 1.807) is 18.6 Å². The average Bonchev–Trinajstić information content (AvgIpc) is 2.88. The van der Waals surface area contributed by atoms with E-state index in [0.29, 0.717) is 17.9 Å². The maximum Gasteiger partial charge on any atom is 0.346 e. The lowest BCUT2D eigenvalue weighted by Crippen LogP contribution is -2.16. The maximum atomic E-state index is 11.2. The Morgan fingerprint density at radius 3 is 3.11 bits per heavy atom. The van der Waals surface area contributed by atoms with Gasteiger partial charge in [-0.3, -0.25) is 9.78 Å². The Hall–Kier alpha value is -2.57. The van der Waals surface area contributed by atoms with Crippen LogP contribution >= 0.6 is 0 Å². The first-order chi connectivity index (χ1) is 9.15. The van der Waals surface area contributed by atoms with Crippen LogP contribution < -0.4 is 11.0 Å². The zero-order valence-electron chi connectivity index (χ0n) is 10.3. The molecule has 0 saturated heterocycles. The minimum absolute atomic E-state index is 0.0484. The smallest absolute Gasteiger partial charge is 0.346 e. The van der Waals surface area contributed by atoms with Crippen LogP contribution in [-0.2, 0) is 22.7 Å².